The Morgan fingerprint density at radius 2 is 2.40 bits per heavy atom. The van der Waals surface area contributed by atoms with Crippen molar-refractivity contribution in [3.8, 4) is 0 Å². The minimum absolute atomic E-state index is 1.20. The third kappa shape index (κ3) is 3.92. The quantitative estimate of drug-likeness (QED) is 0.587. The molecule has 1 aliphatic rings. The van der Waals surface area contributed by atoms with E-state index in [1.54, 1.807) is 6.20 Å². The number of hydrogen-bond donors (Lipinski definition) is 0. The van der Waals surface area contributed by atoms with Crippen LogP contribution in [0.15, 0.2) is 23.1 Å². The van der Waals surface area contributed by atoms with Crippen molar-refractivity contribution in [1.29, 1.82) is 0 Å². The van der Waals surface area contributed by atoms with E-state index in [0.717, 1.165) is 0 Å². The lowest BCUT2D eigenvalue weighted by Crippen LogP contribution is -1.51. The molecule has 0 aromatic carbocycles. The third-order valence-electron chi connectivity index (χ3n) is 0.667. The van der Waals surface area contributed by atoms with Crippen LogP contribution in [0.3, 0.4) is 0 Å². The molecule has 0 aliphatic carbocycles. The lowest BCUT2D eigenvalue weighted by atomic mass is 10.8. The molecule has 0 spiro atoms. The van der Waals surface area contributed by atoms with Gasteiger partial charge in [0.2, 0.25) is 0 Å². The summed E-state index contributed by atoms with van der Waals surface area (Å²) in [7, 11) is 3.69. The number of aromatic nitrogens is 2. The van der Waals surface area contributed by atoms with Crippen molar-refractivity contribution >= 4 is 33.1 Å². The molecular weight excluding hydrogens is 184 g/mol. The molecule has 0 saturated heterocycles. The van der Waals surface area contributed by atoms with Gasteiger partial charge >= 0.3 is 0 Å². The van der Waals surface area contributed by atoms with E-state index in [1.807, 2.05) is 27.0 Å². The highest BCUT2D eigenvalue weighted by atomic mass is 33.1. The zero-order chi connectivity index (χ0) is 7.07. The second-order valence-electron chi connectivity index (χ2n) is 1.34. The monoisotopic (exact) mass is 190 g/mol. The van der Waals surface area contributed by atoms with Crippen LogP contribution in [0.5, 0.6) is 0 Å². The van der Waals surface area contributed by atoms with Gasteiger partial charge in [0.15, 0.2) is 0 Å². The molecule has 54 valence electrons. The first kappa shape index (κ1) is 8.10. The number of hydrogen-bond acceptors (Lipinski definition) is 5. The van der Waals surface area contributed by atoms with Crippen LogP contribution in [0.2, 0.25) is 0 Å². The van der Waals surface area contributed by atoms with Crippen molar-refractivity contribution in [2.24, 2.45) is 0 Å². The van der Waals surface area contributed by atoms with Crippen LogP contribution in [0.25, 0.3) is 0 Å². The van der Waals surface area contributed by atoms with E-state index in [9.17, 15) is 0 Å². The lowest BCUT2D eigenvalue weighted by molar-refractivity contribution is 1.16. The summed E-state index contributed by atoms with van der Waals surface area (Å²) >= 11 is 1.35. The summed E-state index contributed by atoms with van der Waals surface area (Å²) in [6.45, 7) is 0. The fraction of sp³-hybridized carbons (Fsp3) is 0.200. The van der Waals surface area contributed by atoms with Gasteiger partial charge in [0.1, 0.15) is 0 Å². The average molecular weight is 190 g/mol. The van der Waals surface area contributed by atoms with Crippen molar-refractivity contribution in [2.75, 3.05) is 5.75 Å². The van der Waals surface area contributed by atoms with Gasteiger partial charge < -0.3 is 0 Å². The van der Waals surface area contributed by atoms with Crippen molar-refractivity contribution in [2.45, 2.75) is 0 Å². The summed E-state index contributed by atoms with van der Waals surface area (Å²) in [4.78, 5) is 0. The highest BCUT2D eigenvalue weighted by Gasteiger charge is 1.85. The molecular formula is C5H6N2S3. The van der Waals surface area contributed by atoms with Gasteiger partial charge in [0.25, 0.3) is 0 Å². The zero-order valence-corrected chi connectivity index (χ0v) is 7.59. The van der Waals surface area contributed by atoms with E-state index < -0.39 is 0 Å². The van der Waals surface area contributed by atoms with E-state index in [-0.39, 0.29) is 0 Å². The maximum absolute atomic E-state index is 3.51. The molecule has 0 amide bonds. The smallest absolute Gasteiger partial charge is 0.0620 e. The predicted molar refractivity (Wildman–Crippen MR) is 49.1 cm³/mol. The Morgan fingerprint density at radius 1 is 1.40 bits per heavy atom. The van der Waals surface area contributed by atoms with Gasteiger partial charge in [-0.3, -0.25) is 0 Å². The molecule has 0 unspecified atom stereocenters. The molecule has 5 heteroatoms. The maximum Gasteiger partial charge on any atom is 0.0620 e. The van der Waals surface area contributed by atoms with Gasteiger partial charge in [-0.2, -0.15) is 0 Å². The normalized spacial score (nSPS) is 14.4. The van der Waals surface area contributed by atoms with Crippen LogP contribution in [-0.2, 0) is 0 Å². The Morgan fingerprint density at radius 3 is 2.60 bits per heavy atom. The molecule has 0 atom stereocenters. The van der Waals surface area contributed by atoms with E-state index in [2.05, 4.69) is 21.1 Å². The van der Waals surface area contributed by atoms with Gasteiger partial charge in [-0.15, -0.1) is 5.10 Å². The molecule has 1 aromatic heterocycles. The van der Waals surface area contributed by atoms with Crippen LogP contribution in [0.1, 0.15) is 0 Å². The third-order valence-corrected chi connectivity index (χ3v) is 3.02. The Hall–Kier alpha value is -0.000000000000000111. The molecule has 2 nitrogen and oxygen atoms in total. The highest BCUT2D eigenvalue weighted by molar-refractivity contribution is 8.78. The second kappa shape index (κ2) is 5.76. The number of rotatable bonds is 0. The van der Waals surface area contributed by atoms with Crippen molar-refractivity contribution in [3.63, 3.8) is 0 Å². The van der Waals surface area contributed by atoms with Crippen molar-refractivity contribution in [3.05, 3.63) is 23.1 Å². The Bertz CT molecular complexity index is 150. The lowest BCUT2D eigenvalue weighted by Gasteiger charge is -1.69. The standard InChI is InChI=1S/C3H4S2.C2H2N2S/c1-2-4-5-3-1;1-2-5-4-3-1/h1-2H,3H2;1-2H. The first-order chi connectivity index (χ1) is 5.00. The van der Waals surface area contributed by atoms with Gasteiger partial charge in [0, 0.05) is 11.1 Å². The zero-order valence-electron chi connectivity index (χ0n) is 5.14. The molecule has 10 heavy (non-hydrogen) atoms. The van der Waals surface area contributed by atoms with Crippen LogP contribution in [-0.4, -0.2) is 15.3 Å². The summed E-state index contributed by atoms with van der Waals surface area (Å²) in [5, 5.41) is 7.43. The predicted octanol–water partition coefficient (Wildman–Crippen LogP) is 2.43. The Balaban J connectivity index is 0.0000001000. The van der Waals surface area contributed by atoms with Crippen LogP contribution >= 0.6 is 33.1 Å². The van der Waals surface area contributed by atoms with E-state index in [0.29, 0.717) is 0 Å². The molecule has 0 fully saturated rings. The van der Waals surface area contributed by atoms with Crippen molar-refractivity contribution in [1.82, 2.24) is 9.59 Å². The summed E-state index contributed by atoms with van der Waals surface area (Å²) in [5.41, 5.74) is 0. The average Bonchev–Trinajstić information content (AvgIpc) is 2.67. The maximum atomic E-state index is 3.51. The molecule has 0 saturated carbocycles. The molecule has 1 aliphatic heterocycles. The van der Waals surface area contributed by atoms with Crippen LogP contribution < -0.4 is 0 Å². The molecule has 0 bridgehead atoms. The molecule has 0 N–H and O–H groups in total. The van der Waals surface area contributed by atoms with E-state index in [1.165, 1.54) is 17.3 Å². The Labute approximate surface area is 71.7 Å². The molecule has 0 radical (unpaired) electrons. The largest absolute Gasteiger partial charge is 0.147 e. The second-order valence-corrected chi connectivity index (χ2v) is 4.30. The summed E-state index contributed by atoms with van der Waals surface area (Å²) in [6.07, 6.45) is 3.82. The fourth-order valence-corrected chi connectivity index (χ4v) is 2.18. The summed E-state index contributed by atoms with van der Waals surface area (Å²) < 4.78 is 3.51. The minimum Gasteiger partial charge on any atom is -0.147 e. The van der Waals surface area contributed by atoms with Gasteiger partial charge in [-0.05, 0) is 16.9 Å². The summed E-state index contributed by atoms with van der Waals surface area (Å²) in [5.74, 6) is 1.20. The fourth-order valence-electron chi connectivity index (χ4n) is 0.333. The topological polar surface area (TPSA) is 25.8 Å². The Kier molecular flexibility index (Phi) is 4.67. The van der Waals surface area contributed by atoms with Crippen LogP contribution in [0.4, 0.5) is 0 Å². The molecule has 2 heterocycles. The first-order valence-electron chi connectivity index (χ1n) is 2.64. The van der Waals surface area contributed by atoms with Crippen molar-refractivity contribution < 1.29 is 0 Å². The van der Waals surface area contributed by atoms with Gasteiger partial charge in [-0.25, -0.2) is 0 Å². The highest BCUT2D eigenvalue weighted by Crippen LogP contribution is 2.27. The van der Waals surface area contributed by atoms with Crippen LogP contribution in [0, 0.1) is 0 Å². The van der Waals surface area contributed by atoms with Gasteiger partial charge in [-0.1, -0.05) is 32.2 Å². The minimum atomic E-state index is 1.20. The number of nitrogens with zero attached hydrogens (tertiary/aromatic N) is 2. The first-order valence-corrected chi connectivity index (χ1v) is 5.86. The van der Waals surface area contributed by atoms with E-state index in [4.69, 9.17) is 0 Å². The molecule has 1 aromatic rings. The summed E-state index contributed by atoms with van der Waals surface area (Å²) in [6, 6.07) is 0. The molecule has 2 rings (SSSR count). The SMILES string of the molecule is C1=CSSC1.c1csnn1. The van der Waals surface area contributed by atoms with Gasteiger partial charge in [0.05, 0.1) is 6.20 Å². The van der Waals surface area contributed by atoms with E-state index >= 15 is 0 Å².